The second kappa shape index (κ2) is 11.4. The number of halogens is 1. The van der Waals surface area contributed by atoms with E-state index in [4.69, 9.17) is 9.47 Å². The van der Waals surface area contributed by atoms with Gasteiger partial charge in [0.05, 0.1) is 0 Å². The summed E-state index contributed by atoms with van der Waals surface area (Å²) in [7, 11) is 0. The lowest BCUT2D eigenvalue weighted by Crippen LogP contribution is -2.32. The summed E-state index contributed by atoms with van der Waals surface area (Å²) in [6.07, 6.45) is 1.63. The van der Waals surface area contributed by atoms with Crippen molar-refractivity contribution in [3.05, 3.63) is 18.2 Å². The number of ether oxygens (including phenoxy) is 2. The van der Waals surface area contributed by atoms with E-state index in [1.54, 1.807) is 11.8 Å². The van der Waals surface area contributed by atoms with Crippen LogP contribution in [0.5, 0.6) is 11.5 Å². The SMILES string of the molecule is CCCNCCNC(=O)CCSc1ccc2c(c1)OCCO2.Cl. The molecule has 0 fully saturated rings. The molecule has 0 radical (unpaired) electrons. The number of nitrogens with one attached hydrogen (secondary N) is 2. The van der Waals surface area contributed by atoms with Crippen LogP contribution in [0.1, 0.15) is 19.8 Å². The summed E-state index contributed by atoms with van der Waals surface area (Å²) in [6, 6.07) is 5.91. The second-order valence-corrected chi connectivity index (χ2v) is 6.17. The molecular weight excluding hydrogens is 336 g/mol. The van der Waals surface area contributed by atoms with Crippen molar-refractivity contribution in [3.63, 3.8) is 0 Å². The quantitative estimate of drug-likeness (QED) is 0.523. The number of thioether (sulfide) groups is 1. The average molecular weight is 361 g/mol. The van der Waals surface area contributed by atoms with Gasteiger partial charge in [0.15, 0.2) is 11.5 Å². The van der Waals surface area contributed by atoms with E-state index in [0.717, 1.165) is 41.7 Å². The van der Waals surface area contributed by atoms with Crippen LogP contribution >= 0.6 is 24.2 Å². The molecule has 1 aliphatic heterocycles. The van der Waals surface area contributed by atoms with E-state index in [0.29, 0.717) is 26.2 Å². The van der Waals surface area contributed by atoms with Crippen molar-refractivity contribution >= 4 is 30.1 Å². The number of benzene rings is 1. The molecule has 1 aromatic rings. The van der Waals surface area contributed by atoms with E-state index in [1.165, 1.54) is 0 Å². The van der Waals surface area contributed by atoms with E-state index in [1.807, 2.05) is 18.2 Å². The highest BCUT2D eigenvalue weighted by Crippen LogP contribution is 2.34. The van der Waals surface area contributed by atoms with Crippen molar-refractivity contribution in [1.82, 2.24) is 10.6 Å². The van der Waals surface area contributed by atoms with Crippen LogP contribution in [0.3, 0.4) is 0 Å². The molecule has 0 unspecified atom stereocenters. The maximum absolute atomic E-state index is 11.7. The molecule has 130 valence electrons. The van der Waals surface area contributed by atoms with Crippen molar-refractivity contribution in [3.8, 4) is 11.5 Å². The lowest BCUT2D eigenvalue weighted by molar-refractivity contribution is -0.120. The zero-order valence-electron chi connectivity index (χ0n) is 13.4. The summed E-state index contributed by atoms with van der Waals surface area (Å²) in [6.45, 7) is 5.83. The molecule has 1 aliphatic rings. The largest absolute Gasteiger partial charge is 0.486 e. The lowest BCUT2D eigenvalue weighted by atomic mass is 10.3. The number of carbonyl (C=O) groups is 1. The van der Waals surface area contributed by atoms with Crippen LogP contribution in [0.25, 0.3) is 0 Å². The molecule has 0 saturated heterocycles. The highest BCUT2D eigenvalue weighted by Gasteiger charge is 2.12. The first-order valence-electron chi connectivity index (χ1n) is 7.79. The van der Waals surface area contributed by atoms with Gasteiger partial charge < -0.3 is 20.1 Å². The maximum Gasteiger partial charge on any atom is 0.220 e. The molecule has 0 bridgehead atoms. The Bertz CT molecular complexity index is 488. The molecule has 23 heavy (non-hydrogen) atoms. The summed E-state index contributed by atoms with van der Waals surface area (Å²) in [5, 5.41) is 6.17. The first kappa shape index (κ1) is 19.9. The van der Waals surface area contributed by atoms with E-state index in [-0.39, 0.29) is 18.3 Å². The summed E-state index contributed by atoms with van der Waals surface area (Å²) < 4.78 is 11.0. The predicted molar refractivity (Wildman–Crippen MR) is 96.2 cm³/mol. The normalized spacial score (nSPS) is 12.4. The average Bonchev–Trinajstić information content (AvgIpc) is 2.54. The molecule has 1 heterocycles. The zero-order valence-corrected chi connectivity index (χ0v) is 15.1. The van der Waals surface area contributed by atoms with Gasteiger partial charge in [0.1, 0.15) is 13.2 Å². The van der Waals surface area contributed by atoms with Crippen LogP contribution < -0.4 is 20.1 Å². The summed E-state index contributed by atoms with van der Waals surface area (Å²) in [5.41, 5.74) is 0. The van der Waals surface area contributed by atoms with Crippen LogP contribution in [0.4, 0.5) is 0 Å². The molecule has 2 rings (SSSR count). The molecule has 5 nitrogen and oxygen atoms in total. The Morgan fingerprint density at radius 1 is 1.17 bits per heavy atom. The van der Waals surface area contributed by atoms with Gasteiger partial charge >= 0.3 is 0 Å². The third kappa shape index (κ3) is 7.33. The summed E-state index contributed by atoms with van der Waals surface area (Å²) in [5.74, 6) is 2.45. The molecule has 0 spiro atoms. The fourth-order valence-electron chi connectivity index (χ4n) is 2.06. The van der Waals surface area contributed by atoms with Crippen LogP contribution in [-0.4, -0.2) is 44.5 Å². The minimum atomic E-state index is 0. The van der Waals surface area contributed by atoms with Gasteiger partial charge in [-0.25, -0.2) is 0 Å². The van der Waals surface area contributed by atoms with Gasteiger partial charge in [0.25, 0.3) is 0 Å². The molecule has 0 atom stereocenters. The van der Waals surface area contributed by atoms with Gasteiger partial charge in [-0.15, -0.1) is 24.2 Å². The highest BCUT2D eigenvalue weighted by molar-refractivity contribution is 7.99. The van der Waals surface area contributed by atoms with Gasteiger partial charge in [-0.3, -0.25) is 4.79 Å². The monoisotopic (exact) mass is 360 g/mol. The molecule has 0 saturated carbocycles. The Kier molecular flexibility index (Phi) is 9.91. The molecule has 2 N–H and O–H groups in total. The van der Waals surface area contributed by atoms with Gasteiger partial charge in [-0.1, -0.05) is 6.92 Å². The van der Waals surface area contributed by atoms with Gasteiger partial charge in [-0.05, 0) is 31.2 Å². The topological polar surface area (TPSA) is 59.6 Å². The van der Waals surface area contributed by atoms with E-state index < -0.39 is 0 Å². The number of rotatable bonds is 9. The van der Waals surface area contributed by atoms with E-state index in [9.17, 15) is 4.79 Å². The van der Waals surface area contributed by atoms with Crippen molar-refractivity contribution in [2.24, 2.45) is 0 Å². The first-order valence-corrected chi connectivity index (χ1v) is 8.78. The minimum absolute atomic E-state index is 0. The molecular formula is C16H25ClN2O3S. The van der Waals surface area contributed by atoms with Gasteiger partial charge in [0, 0.05) is 30.2 Å². The standard InChI is InChI=1S/C16H24N2O3S.ClH/c1-2-6-17-7-8-18-16(19)5-11-22-13-3-4-14-15(12-13)21-10-9-20-14;/h3-4,12,17H,2,5-11H2,1H3,(H,18,19);1H. The maximum atomic E-state index is 11.7. The van der Waals surface area contributed by atoms with Crippen LogP contribution in [0.2, 0.25) is 0 Å². The minimum Gasteiger partial charge on any atom is -0.486 e. The third-order valence-corrected chi connectivity index (χ3v) is 4.16. The molecule has 1 aromatic carbocycles. The molecule has 1 amide bonds. The van der Waals surface area contributed by atoms with Crippen LogP contribution in [0.15, 0.2) is 23.1 Å². The smallest absolute Gasteiger partial charge is 0.220 e. The predicted octanol–water partition coefficient (Wildman–Crippen LogP) is 2.48. The fourth-order valence-corrected chi connectivity index (χ4v) is 2.93. The Hall–Kier alpha value is -1.11. The van der Waals surface area contributed by atoms with Crippen LogP contribution in [0, 0.1) is 0 Å². The molecule has 0 aliphatic carbocycles. The van der Waals surface area contributed by atoms with Crippen molar-refractivity contribution in [1.29, 1.82) is 0 Å². The zero-order chi connectivity index (χ0) is 15.6. The highest BCUT2D eigenvalue weighted by atomic mass is 35.5. The Morgan fingerprint density at radius 3 is 2.74 bits per heavy atom. The van der Waals surface area contributed by atoms with E-state index >= 15 is 0 Å². The molecule has 7 heteroatoms. The second-order valence-electron chi connectivity index (χ2n) is 5.00. The van der Waals surface area contributed by atoms with Crippen molar-refractivity contribution in [2.45, 2.75) is 24.7 Å². The number of hydrogen-bond donors (Lipinski definition) is 2. The number of amides is 1. The number of fused-ring (bicyclic) bond motifs is 1. The number of hydrogen-bond acceptors (Lipinski definition) is 5. The summed E-state index contributed by atoms with van der Waals surface area (Å²) >= 11 is 1.66. The lowest BCUT2D eigenvalue weighted by Gasteiger charge is -2.18. The van der Waals surface area contributed by atoms with E-state index in [2.05, 4.69) is 17.6 Å². The summed E-state index contributed by atoms with van der Waals surface area (Å²) in [4.78, 5) is 12.8. The first-order chi connectivity index (χ1) is 10.8. The molecule has 0 aromatic heterocycles. The van der Waals surface area contributed by atoms with Gasteiger partial charge in [0.2, 0.25) is 5.91 Å². The van der Waals surface area contributed by atoms with Crippen molar-refractivity contribution < 1.29 is 14.3 Å². The fraction of sp³-hybridized carbons (Fsp3) is 0.562. The van der Waals surface area contributed by atoms with Gasteiger partial charge in [-0.2, -0.15) is 0 Å². The Balaban J connectivity index is 0.00000264. The van der Waals surface area contributed by atoms with Crippen molar-refractivity contribution in [2.75, 3.05) is 38.6 Å². The third-order valence-electron chi connectivity index (χ3n) is 3.16. The number of carbonyl (C=O) groups excluding carboxylic acids is 1. The Labute approximate surface area is 148 Å². The van der Waals surface area contributed by atoms with Crippen LogP contribution in [-0.2, 0) is 4.79 Å². The Morgan fingerprint density at radius 2 is 1.96 bits per heavy atom.